The van der Waals surface area contributed by atoms with Gasteiger partial charge in [0.25, 0.3) is 5.91 Å². The van der Waals surface area contributed by atoms with Gasteiger partial charge in [0.2, 0.25) is 5.91 Å². The quantitative estimate of drug-likeness (QED) is 0.839. The van der Waals surface area contributed by atoms with Gasteiger partial charge in [0, 0.05) is 31.5 Å². The largest absolute Gasteiger partial charge is 0.336 e. The van der Waals surface area contributed by atoms with Gasteiger partial charge < -0.3 is 9.80 Å². The van der Waals surface area contributed by atoms with Gasteiger partial charge in [-0.1, -0.05) is 12.1 Å². The van der Waals surface area contributed by atoms with Gasteiger partial charge in [0.1, 0.15) is 5.69 Å². The van der Waals surface area contributed by atoms with Gasteiger partial charge in [-0.3, -0.25) is 19.6 Å². The summed E-state index contributed by atoms with van der Waals surface area (Å²) in [4.78, 5) is 38.4. The second kappa shape index (κ2) is 7.10. The zero-order chi connectivity index (χ0) is 18.9. The fraction of sp³-hybridized carbons (Fsp3) is 0.429. The van der Waals surface area contributed by atoms with E-state index in [0.29, 0.717) is 25.3 Å². The van der Waals surface area contributed by atoms with Crippen LogP contribution in [0.2, 0.25) is 0 Å². The summed E-state index contributed by atoms with van der Waals surface area (Å²) in [6.07, 6.45) is 4.12. The van der Waals surface area contributed by atoms with E-state index < -0.39 is 5.41 Å². The third kappa shape index (κ3) is 3.44. The summed E-state index contributed by atoms with van der Waals surface area (Å²) in [5.41, 5.74) is 1.86. The summed E-state index contributed by atoms with van der Waals surface area (Å²) < 4.78 is 0. The molecule has 4 heterocycles. The second-order valence-electron chi connectivity index (χ2n) is 7.57. The zero-order valence-electron chi connectivity index (χ0n) is 15.6. The van der Waals surface area contributed by atoms with E-state index in [4.69, 9.17) is 0 Å². The minimum atomic E-state index is -0.452. The van der Waals surface area contributed by atoms with Crippen molar-refractivity contribution in [3.05, 3.63) is 59.7 Å². The fourth-order valence-corrected chi connectivity index (χ4v) is 4.26. The Morgan fingerprint density at radius 1 is 1.15 bits per heavy atom. The van der Waals surface area contributed by atoms with E-state index in [1.54, 1.807) is 23.2 Å². The van der Waals surface area contributed by atoms with Crippen molar-refractivity contribution in [1.29, 1.82) is 0 Å². The number of piperidine rings is 1. The van der Waals surface area contributed by atoms with Gasteiger partial charge >= 0.3 is 0 Å². The Kier molecular flexibility index (Phi) is 4.64. The van der Waals surface area contributed by atoms with Crippen molar-refractivity contribution < 1.29 is 9.59 Å². The van der Waals surface area contributed by atoms with Crippen LogP contribution >= 0.6 is 0 Å². The average molecular weight is 364 g/mol. The molecule has 0 saturated carbocycles. The lowest BCUT2D eigenvalue weighted by Gasteiger charge is -2.38. The highest BCUT2D eigenvalue weighted by Gasteiger charge is 2.49. The Labute approximate surface area is 159 Å². The number of rotatable bonds is 3. The van der Waals surface area contributed by atoms with Crippen molar-refractivity contribution in [1.82, 2.24) is 19.8 Å². The van der Waals surface area contributed by atoms with Crippen molar-refractivity contribution in [3.63, 3.8) is 0 Å². The van der Waals surface area contributed by atoms with E-state index in [1.807, 2.05) is 36.1 Å². The number of aryl methyl sites for hydroxylation is 1. The first-order valence-corrected chi connectivity index (χ1v) is 9.50. The average Bonchev–Trinajstić information content (AvgIpc) is 2.97. The van der Waals surface area contributed by atoms with Gasteiger partial charge in [-0.2, -0.15) is 0 Å². The van der Waals surface area contributed by atoms with E-state index >= 15 is 0 Å². The molecular weight excluding hydrogens is 340 g/mol. The summed E-state index contributed by atoms with van der Waals surface area (Å²) in [6.45, 7) is 4.39. The van der Waals surface area contributed by atoms with Crippen LogP contribution in [-0.4, -0.2) is 51.2 Å². The Morgan fingerprint density at radius 2 is 2.04 bits per heavy atom. The van der Waals surface area contributed by atoms with Gasteiger partial charge in [0.15, 0.2) is 0 Å². The van der Waals surface area contributed by atoms with Crippen molar-refractivity contribution in [2.45, 2.75) is 32.7 Å². The Balaban J connectivity index is 1.48. The maximum Gasteiger partial charge on any atom is 0.272 e. The van der Waals surface area contributed by atoms with Crippen molar-refractivity contribution in [2.24, 2.45) is 5.41 Å². The Morgan fingerprint density at radius 3 is 2.81 bits per heavy atom. The maximum absolute atomic E-state index is 13.2. The van der Waals surface area contributed by atoms with Crippen LogP contribution in [-0.2, 0) is 11.3 Å². The Bertz CT molecular complexity index is 854. The molecule has 2 aromatic heterocycles. The summed E-state index contributed by atoms with van der Waals surface area (Å²) in [5.74, 6) is 0.0746. The second-order valence-corrected chi connectivity index (χ2v) is 7.57. The molecule has 2 aliphatic rings. The number of hydrogen-bond acceptors (Lipinski definition) is 4. The molecule has 2 aromatic rings. The number of amides is 2. The van der Waals surface area contributed by atoms with Crippen LogP contribution in [0, 0.1) is 12.3 Å². The van der Waals surface area contributed by atoms with Gasteiger partial charge in [0.05, 0.1) is 17.7 Å². The van der Waals surface area contributed by atoms with Crippen molar-refractivity contribution in [2.75, 3.05) is 19.6 Å². The van der Waals surface area contributed by atoms with Crippen LogP contribution < -0.4 is 0 Å². The van der Waals surface area contributed by atoms with E-state index in [1.165, 1.54) is 0 Å². The number of likely N-dealkylation sites (tertiary alicyclic amines) is 2. The van der Waals surface area contributed by atoms with E-state index in [2.05, 4.69) is 9.97 Å². The van der Waals surface area contributed by atoms with Crippen LogP contribution in [0.15, 0.2) is 42.6 Å². The van der Waals surface area contributed by atoms with E-state index in [0.717, 1.165) is 37.2 Å². The maximum atomic E-state index is 13.2. The van der Waals surface area contributed by atoms with Crippen LogP contribution in [0.3, 0.4) is 0 Å². The number of carbonyl (C=O) groups is 2. The number of carbonyl (C=O) groups excluding carboxylic acids is 2. The Hall–Kier alpha value is -2.76. The first-order valence-electron chi connectivity index (χ1n) is 9.50. The normalized spacial score (nSPS) is 22.5. The topological polar surface area (TPSA) is 66.4 Å². The molecule has 6 heteroatoms. The first kappa shape index (κ1) is 17.6. The van der Waals surface area contributed by atoms with Gasteiger partial charge in [-0.05, 0) is 50.5 Å². The highest BCUT2D eigenvalue weighted by atomic mass is 16.2. The molecule has 27 heavy (non-hydrogen) atoms. The third-order valence-electron chi connectivity index (χ3n) is 5.65. The molecule has 0 aliphatic carbocycles. The molecule has 1 spiro atoms. The zero-order valence-corrected chi connectivity index (χ0v) is 15.6. The van der Waals surface area contributed by atoms with Gasteiger partial charge in [-0.25, -0.2) is 0 Å². The molecule has 6 nitrogen and oxygen atoms in total. The summed E-state index contributed by atoms with van der Waals surface area (Å²) in [6, 6.07) is 11.2. The third-order valence-corrected chi connectivity index (χ3v) is 5.65. The number of pyridine rings is 2. The molecule has 1 atom stereocenters. The SMILES string of the molecule is Cc1cccc(CN2CC[C@]3(CCCN(C(=O)c4ccccn4)C3)C2=O)n1. The van der Waals surface area contributed by atoms with Crippen LogP contribution in [0.1, 0.15) is 41.1 Å². The summed E-state index contributed by atoms with van der Waals surface area (Å²) >= 11 is 0. The molecule has 2 aliphatic heterocycles. The molecule has 4 rings (SSSR count). The molecule has 0 unspecified atom stereocenters. The number of aromatic nitrogens is 2. The van der Waals surface area contributed by atoms with E-state index in [-0.39, 0.29) is 11.8 Å². The monoisotopic (exact) mass is 364 g/mol. The number of hydrogen-bond donors (Lipinski definition) is 0. The highest BCUT2D eigenvalue weighted by molar-refractivity contribution is 5.93. The summed E-state index contributed by atoms with van der Waals surface area (Å²) in [7, 11) is 0. The van der Waals surface area contributed by atoms with Crippen LogP contribution in [0.4, 0.5) is 0 Å². The molecule has 0 N–H and O–H groups in total. The summed E-state index contributed by atoms with van der Waals surface area (Å²) in [5, 5.41) is 0. The van der Waals surface area contributed by atoms with Gasteiger partial charge in [-0.15, -0.1) is 0 Å². The lowest BCUT2D eigenvalue weighted by molar-refractivity contribution is -0.138. The molecule has 2 saturated heterocycles. The molecule has 2 amide bonds. The fourth-order valence-electron chi connectivity index (χ4n) is 4.26. The molecule has 0 radical (unpaired) electrons. The van der Waals surface area contributed by atoms with Crippen molar-refractivity contribution >= 4 is 11.8 Å². The molecule has 2 fully saturated rings. The lowest BCUT2D eigenvalue weighted by atomic mass is 9.78. The smallest absolute Gasteiger partial charge is 0.272 e. The standard InChI is InChI=1S/C21H24N4O2/c1-16-6-4-7-17(23-16)14-24-13-10-21(20(24)27)9-5-12-25(15-21)19(26)18-8-2-3-11-22-18/h2-4,6-8,11H,5,9-10,12-15H2,1H3/t21-/m0/s1. The number of nitrogens with zero attached hydrogens (tertiary/aromatic N) is 4. The van der Waals surface area contributed by atoms with E-state index in [9.17, 15) is 9.59 Å². The molecule has 0 bridgehead atoms. The minimum absolute atomic E-state index is 0.0822. The predicted octanol–water partition coefficient (Wildman–Crippen LogP) is 2.44. The molecule has 0 aromatic carbocycles. The predicted molar refractivity (Wildman–Crippen MR) is 101 cm³/mol. The minimum Gasteiger partial charge on any atom is -0.336 e. The van der Waals surface area contributed by atoms with Crippen molar-refractivity contribution in [3.8, 4) is 0 Å². The molecule has 140 valence electrons. The first-order chi connectivity index (χ1) is 13.1. The highest BCUT2D eigenvalue weighted by Crippen LogP contribution is 2.40. The molecular formula is C21H24N4O2. The lowest BCUT2D eigenvalue weighted by Crippen LogP contribution is -2.49. The van der Waals surface area contributed by atoms with Crippen LogP contribution in [0.5, 0.6) is 0 Å². The van der Waals surface area contributed by atoms with Crippen LogP contribution in [0.25, 0.3) is 0 Å².